The van der Waals surface area contributed by atoms with Crippen LogP contribution >= 0.6 is 0 Å². The molecule has 2 atom stereocenters. The van der Waals surface area contributed by atoms with E-state index < -0.39 is 0 Å². The lowest BCUT2D eigenvalue weighted by atomic mass is 9.87. The van der Waals surface area contributed by atoms with Gasteiger partial charge in [-0.05, 0) is 31.7 Å². The van der Waals surface area contributed by atoms with Gasteiger partial charge in [-0.15, -0.1) is 0 Å². The largest absolute Gasteiger partial charge is 0.493 e. The van der Waals surface area contributed by atoms with Crippen LogP contribution in [0.25, 0.3) is 0 Å². The number of aromatic nitrogens is 1. The lowest BCUT2D eigenvalue weighted by molar-refractivity contribution is 0.100. The van der Waals surface area contributed by atoms with Gasteiger partial charge in [-0.1, -0.05) is 6.42 Å². The third kappa shape index (κ3) is 3.84. The minimum absolute atomic E-state index is 0.125. The molecule has 1 fully saturated rings. The number of rotatable bonds is 6. The van der Waals surface area contributed by atoms with Crippen molar-refractivity contribution >= 4 is 0 Å². The summed E-state index contributed by atoms with van der Waals surface area (Å²) in [7, 11) is 3.25. The second-order valence-corrected chi connectivity index (χ2v) is 5.31. The van der Waals surface area contributed by atoms with Crippen molar-refractivity contribution in [3.8, 4) is 11.5 Å². The predicted octanol–water partition coefficient (Wildman–Crippen LogP) is 1.74. The summed E-state index contributed by atoms with van der Waals surface area (Å²) in [6, 6.07) is 1.79. The lowest BCUT2D eigenvalue weighted by Crippen LogP contribution is -2.29. The molecule has 0 saturated heterocycles. The average molecular weight is 280 g/mol. The molecule has 1 aliphatic carbocycles. The summed E-state index contributed by atoms with van der Waals surface area (Å²) in [5.41, 5.74) is 0.850. The van der Waals surface area contributed by atoms with Gasteiger partial charge < -0.3 is 19.9 Å². The first-order valence-electron chi connectivity index (χ1n) is 7.19. The summed E-state index contributed by atoms with van der Waals surface area (Å²) in [6.07, 6.45) is 5.75. The van der Waals surface area contributed by atoms with Crippen LogP contribution in [0.1, 0.15) is 31.4 Å². The fraction of sp³-hybridized carbons (Fsp3) is 0.667. The first kappa shape index (κ1) is 15.1. The van der Waals surface area contributed by atoms with Crippen LogP contribution in [0.15, 0.2) is 12.3 Å². The molecular formula is C15H24N2O3. The van der Waals surface area contributed by atoms with Gasteiger partial charge in [0, 0.05) is 18.8 Å². The number of aliphatic hydroxyl groups excluding tert-OH is 1. The van der Waals surface area contributed by atoms with E-state index in [-0.39, 0.29) is 6.10 Å². The van der Waals surface area contributed by atoms with Crippen molar-refractivity contribution in [2.24, 2.45) is 5.92 Å². The number of methoxy groups -OCH3 is 2. The Morgan fingerprint density at radius 3 is 2.90 bits per heavy atom. The van der Waals surface area contributed by atoms with Gasteiger partial charge in [0.2, 0.25) is 0 Å². The van der Waals surface area contributed by atoms with Crippen molar-refractivity contribution in [1.82, 2.24) is 10.3 Å². The lowest BCUT2D eigenvalue weighted by Gasteiger charge is -2.26. The fourth-order valence-corrected chi connectivity index (χ4v) is 2.82. The Hall–Kier alpha value is -1.33. The molecular weight excluding hydrogens is 256 g/mol. The van der Waals surface area contributed by atoms with Gasteiger partial charge in [0.25, 0.3) is 0 Å². The van der Waals surface area contributed by atoms with Gasteiger partial charge in [0.15, 0.2) is 11.5 Å². The van der Waals surface area contributed by atoms with Crippen LogP contribution in [0.3, 0.4) is 0 Å². The molecule has 20 heavy (non-hydrogen) atoms. The molecule has 0 amide bonds. The van der Waals surface area contributed by atoms with E-state index >= 15 is 0 Å². The second-order valence-electron chi connectivity index (χ2n) is 5.31. The van der Waals surface area contributed by atoms with E-state index in [1.165, 1.54) is 6.42 Å². The number of nitrogens with zero attached hydrogens (tertiary/aromatic N) is 1. The van der Waals surface area contributed by atoms with Crippen molar-refractivity contribution in [2.75, 3.05) is 20.8 Å². The van der Waals surface area contributed by atoms with E-state index in [4.69, 9.17) is 9.47 Å². The van der Waals surface area contributed by atoms with Crippen LogP contribution in [0.4, 0.5) is 0 Å². The number of hydrogen-bond acceptors (Lipinski definition) is 5. The van der Waals surface area contributed by atoms with Gasteiger partial charge in [-0.3, -0.25) is 4.98 Å². The Balaban J connectivity index is 1.87. The number of hydrogen-bond donors (Lipinski definition) is 2. The molecule has 0 aliphatic heterocycles. The van der Waals surface area contributed by atoms with E-state index in [0.29, 0.717) is 24.0 Å². The van der Waals surface area contributed by atoms with Crippen LogP contribution in [-0.2, 0) is 6.54 Å². The summed E-state index contributed by atoms with van der Waals surface area (Å²) >= 11 is 0. The highest BCUT2D eigenvalue weighted by Crippen LogP contribution is 2.29. The van der Waals surface area contributed by atoms with Crippen LogP contribution < -0.4 is 14.8 Å². The Labute approximate surface area is 120 Å². The smallest absolute Gasteiger partial charge is 0.183 e. The maximum atomic E-state index is 9.67. The quantitative estimate of drug-likeness (QED) is 0.831. The normalized spacial score (nSPS) is 22.6. The highest BCUT2D eigenvalue weighted by molar-refractivity contribution is 5.42. The predicted molar refractivity (Wildman–Crippen MR) is 77.0 cm³/mol. The monoisotopic (exact) mass is 280 g/mol. The highest BCUT2D eigenvalue weighted by Gasteiger charge is 2.20. The zero-order chi connectivity index (χ0) is 14.4. The Kier molecular flexibility index (Phi) is 5.61. The summed E-state index contributed by atoms with van der Waals surface area (Å²) in [4.78, 5) is 4.34. The topological polar surface area (TPSA) is 63.6 Å². The molecule has 112 valence electrons. The fourth-order valence-electron chi connectivity index (χ4n) is 2.82. The summed E-state index contributed by atoms with van der Waals surface area (Å²) in [5.74, 6) is 1.94. The summed E-state index contributed by atoms with van der Waals surface area (Å²) in [6.45, 7) is 1.55. The molecule has 0 aromatic carbocycles. The third-order valence-electron chi connectivity index (χ3n) is 3.85. The number of nitrogens with one attached hydrogen (secondary N) is 1. The van der Waals surface area contributed by atoms with Crippen LogP contribution in [-0.4, -0.2) is 37.0 Å². The van der Waals surface area contributed by atoms with Crippen LogP contribution in [0.2, 0.25) is 0 Å². The van der Waals surface area contributed by atoms with E-state index in [2.05, 4.69) is 10.3 Å². The molecule has 1 saturated carbocycles. The van der Waals surface area contributed by atoms with E-state index in [0.717, 1.165) is 31.5 Å². The standard InChI is InChI=1S/C15H24N2O3/c1-19-14-6-7-17-13(15(14)20-2)10-16-9-11-4-3-5-12(18)8-11/h6-7,11-12,16,18H,3-5,8-10H2,1-2H3. The first-order chi connectivity index (χ1) is 9.74. The van der Waals surface area contributed by atoms with E-state index in [1.807, 2.05) is 0 Å². The zero-order valence-corrected chi connectivity index (χ0v) is 12.3. The molecule has 5 nitrogen and oxygen atoms in total. The number of pyridine rings is 1. The van der Waals surface area contributed by atoms with Gasteiger partial charge in [-0.25, -0.2) is 0 Å². The number of aliphatic hydroxyl groups is 1. The third-order valence-corrected chi connectivity index (χ3v) is 3.85. The van der Waals surface area contributed by atoms with Crippen LogP contribution in [0.5, 0.6) is 11.5 Å². The van der Waals surface area contributed by atoms with Crippen molar-refractivity contribution in [1.29, 1.82) is 0 Å². The second kappa shape index (κ2) is 7.45. The van der Waals surface area contributed by atoms with Crippen molar-refractivity contribution in [2.45, 2.75) is 38.3 Å². The maximum Gasteiger partial charge on any atom is 0.183 e. The number of ether oxygens (including phenoxy) is 2. The molecule has 0 radical (unpaired) electrons. The van der Waals surface area contributed by atoms with Gasteiger partial charge >= 0.3 is 0 Å². The van der Waals surface area contributed by atoms with Crippen molar-refractivity contribution in [3.63, 3.8) is 0 Å². The molecule has 2 rings (SSSR count). The SMILES string of the molecule is COc1ccnc(CNCC2CCCC(O)C2)c1OC. The minimum Gasteiger partial charge on any atom is -0.493 e. The minimum atomic E-state index is -0.125. The highest BCUT2D eigenvalue weighted by atomic mass is 16.5. The van der Waals surface area contributed by atoms with Crippen LogP contribution in [0, 0.1) is 5.92 Å². The first-order valence-corrected chi connectivity index (χ1v) is 7.19. The van der Waals surface area contributed by atoms with Crippen molar-refractivity contribution in [3.05, 3.63) is 18.0 Å². The molecule has 1 aromatic rings. The molecule has 1 aliphatic rings. The molecule has 0 bridgehead atoms. The Bertz CT molecular complexity index is 426. The summed E-state index contributed by atoms with van der Waals surface area (Å²) in [5, 5.41) is 13.1. The molecule has 2 unspecified atom stereocenters. The zero-order valence-electron chi connectivity index (χ0n) is 12.3. The molecule has 2 N–H and O–H groups in total. The van der Waals surface area contributed by atoms with E-state index in [9.17, 15) is 5.11 Å². The molecule has 1 aromatic heterocycles. The molecule has 1 heterocycles. The van der Waals surface area contributed by atoms with Gasteiger partial charge in [0.1, 0.15) is 0 Å². The van der Waals surface area contributed by atoms with Gasteiger partial charge in [0.05, 0.1) is 26.0 Å². The molecule has 5 heteroatoms. The van der Waals surface area contributed by atoms with Crippen molar-refractivity contribution < 1.29 is 14.6 Å². The van der Waals surface area contributed by atoms with E-state index in [1.54, 1.807) is 26.5 Å². The maximum absolute atomic E-state index is 9.67. The Morgan fingerprint density at radius 1 is 1.35 bits per heavy atom. The summed E-state index contributed by atoms with van der Waals surface area (Å²) < 4.78 is 10.6. The Morgan fingerprint density at radius 2 is 2.20 bits per heavy atom. The molecule has 0 spiro atoms. The average Bonchev–Trinajstić information content (AvgIpc) is 2.47. The van der Waals surface area contributed by atoms with Gasteiger partial charge in [-0.2, -0.15) is 0 Å².